The minimum Gasteiger partial charge on any atom is -0.435 e. The first-order chi connectivity index (χ1) is 10.5. The van der Waals surface area contributed by atoms with Gasteiger partial charge < -0.3 is 15.4 Å². The van der Waals surface area contributed by atoms with Crippen LogP contribution in [0.4, 0.5) is 19.3 Å². The molecule has 0 aromatic heterocycles. The lowest BCUT2D eigenvalue weighted by molar-refractivity contribution is -0.0498. The predicted octanol–water partition coefficient (Wildman–Crippen LogP) is 4.37. The minimum atomic E-state index is -2.85. The molecule has 4 nitrogen and oxygen atoms in total. The highest BCUT2D eigenvalue weighted by molar-refractivity contribution is 9.10. The van der Waals surface area contributed by atoms with Crippen LogP contribution in [-0.2, 0) is 6.54 Å². The van der Waals surface area contributed by atoms with Gasteiger partial charge in [-0.15, -0.1) is 0 Å². The van der Waals surface area contributed by atoms with Crippen LogP contribution in [0.3, 0.4) is 0 Å². The topological polar surface area (TPSA) is 50.4 Å². The van der Waals surface area contributed by atoms with Crippen molar-refractivity contribution in [1.82, 2.24) is 5.32 Å². The number of anilines is 1. The average molecular weight is 371 g/mol. The third-order valence-electron chi connectivity index (χ3n) is 2.70. The van der Waals surface area contributed by atoms with Gasteiger partial charge in [-0.05, 0) is 42.0 Å². The van der Waals surface area contributed by atoms with Gasteiger partial charge in [0, 0.05) is 16.7 Å². The zero-order valence-corrected chi connectivity index (χ0v) is 12.9. The zero-order valence-electron chi connectivity index (χ0n) is 11.4. The van der Waals surface area contributed by atoms with Gasteiger partial charge in [0.15, 0.2) is 0 Å². The molecule has 0 heterocycles. The smallest absolute Gasteiger partial charge is 0.387 e. The highest BCUT2D eigenvalue weighted by atomic mass is 79.9. The Kier molecular flexibility index (Phi) is 5.71. The number of urea groups is 1. The van der Waals surface area contributed by atoms with Crippen molar-refractivity contribution in [2.75, 3.05) is 5.32 Å². The first-order valence-electron chi connectivity index (χ1n) is 6.37. The first-order valence-corrected chi connectivity index (χ1v) is 7.16. The van der Waals surface area contributed by atoms with E-state index < -0.39 is 6.61 Å². The summed E-state index contributed by atoms with van der Waals surface area (Å²) in [5.74, 6) is 0.0815. The maximum atomic E-state index is 12.0. The Balaban J connectivity index is 1.81. The molecule has 2 aromatic rings. The van der Waals surface area contributed by atoms with E-state index in [1.165, 1.54) is 12.1 Å². The number of alkyl halides is 2. The Bertz CT molecular complexity index is 618. The van der Waals surface area contributed by atoms with E-state index in [1.54, 1.807) is 24.3 Å². The Labute approximate surface area is 134 Å². The summed E-state index contributed by atoms with van der Waals surface area (Å²) >= 11 is 3.31. The number of rotatable bonds is 5. The van der Waals surface area contributed by atoms with E-state index in [1.807, 2.05) is 12.1 Å². The van der Waals surface area contributed by atoms with E-state index in [0.29, 0.717) is 5.69 Å². The maximum absolute atomic E-state index is 12.0. The van der Waals surface area contributed by atoms with E-state index >= 15 is 0 Å². The molecule has 0 saturated carbocycles. The molecule has 0 radical (unpaired) electrons. The Morgan fingerprint density at radius 1 is 1.09 bits per heavy atom. The highest BCUT2D eigenvalue weighted by Crippen LogP contribution is 2.15. The summed E-state index contributed by atoms with van der Waals surface area (Å²) in [4.78, 5) is 11.7. The summed E-state index contributed by atoms with van der Waals surface area (Å²) in [6, 6.07) is 12.9. The second-order valence-corrected chi connectivity index (χ2v) is 5.25. The van der Waals surface area contributed by atoms with Crippen LogP contribution >= 0.6 is 15.9 Å². The number of benzene rings is 2. The van der Waals surface area contributed by atoms with E-state index in [9.17, 15) is 13.6 Å². The fourth-order valence-electron chi connectivity index (χ4n) is 1.68. The van der Waals surface area contributed by atoms with Crippen LogP contribution in [0.1, 0.15) is 5.56 Å². The molecule has 0 saturated heterocycles. The van der Waals surface area contributed by atoms with Crippen LogP contribution in [0.2, 0.25) is 0 Å². The van der Waals surface area contributed by atoms with Crippen molar-refractivity contribution in [3.05, 3.63) is 58.6 Å². The molecule has 0 spiro atoms. The standard InChI is InChI=1S/C15H13BrF2N2O2/c16-11-3-5-12(6-4-11)20-15(21)19-9-10-1-7-13(8-2-10)22-14(17)18/h1-8,14H,9H2,(H2,19,20,21). The van der Waals surface area contributed by atoms with E-state index in [4.69, 9.17) is 0 Å². The third-order valence-corrected chi connectivity index (χ3v) is 3.23. The number of hydrogen-bond acceptors (Lipinski definition) is 2. The van der Waals surface area contributed by atoms with Crippen LogP contribution < -0.4 is 15.4 Å². The van der Waals surface area contributed by atoms with E-state index in [0.717, 1.165) is 10.0 Å². The number of carbonyl (C=O) groups excluding carboxylic acids is 1. The summed E-state index contributed by atoms with van der Waals surface area (Å²) in [6.45, 7) is -2.57. The molecule has 7 heteroatoms. The van der Waals surface area contributed by atoms with E-state index in [-0.39, 0.29) is 18.3 Å². The molecular formula is C15H13BrF2N2O2. The molecule has 0 aliphatic rings. The second-order valence-electron chi connectivity index (χ2n) is 4.34. The number of carbonyl (C=O) groups is 1. The molecule has 0 unspecified atom stereocenters. The Morgan fingerprint density at radius 3 is 2.32 bits per heavy atom. The lowest BCUT2D eigenvalue weighted by atomic mass is 10.2. The fourth-order valence-corrected chi connectivity index (χ4v) is 1.94. The summed E-state index contributed by atoms with van der Waals surface area (Å²) < 4.78 is 29.2. The Hall–Kier alpha value is -2.15. The van der Waals surface area contributed by atoms with Crippen molar-refractivity contribution in [2.45, 2.75) is 13.2 Å². The number of amides is 2. The van der Waals surface area contributed by atoms with Crippen molar-refractivity contribution < 1.29 is 18.3 Å². The largest absolute Gasteiger partial charge is 0.435 e. The molecule has 2 amide bonds. The minimum absolute atomic E-state index is 0.0815. The molecular weight excluding hydrogens is 358 g/mol. The fraction of sp³-hybridized carbons (Fsp3) is 0.133. The van der Waals surface area contributed by atoms with Crippen LogP contribution in [0.25, 0.3) is 0 Å². The summed E-state index contributed by atoms with van der Waals surface area (Å²) in [5.41, 5.74) is 1.44. The number of nitrogens with one attached hydrogen (secondary N) is 2. The molecule has 116 valence electrons. The van der Waals surface area contributed by atoms with E-state index in [2.05, 4.69) is 31.3 Å². The van der Waals surface area contributed by atoms with Crippen molar-refractivity contribution in [2.24, 2.45) is 0 Å². The average Bonchev–Trinajstić information content (AvgIpc) is 2.48. The predicted molar refractivity (Wildman–Crippen MR) is 83.1 cm³/mol. The van der Waals surface area contributed by atoms with Gasteiger partial charge in [0.1, 0.15) is 5.75 Å². The van der Waals surface area contributed by atoms with Crippen LogP contribution in [0.5, 0.6) is 5.75 Å². The lowest BCUT2D eigenvalue weighted by Gasteiger charge is -2.09. The van der Waals surface area contributed by atoms with Gasteiger partial charge in [0.25, 0.3) is 0 Å². The van der Waals surface area contributed by atoms with Gasteiger partial charge in [0.2, 0.25) is 0 Å². The molecule has 0 bridgehead atoms. The monoisotopic (exact) mass is 370 g/mol. The number of ether oxygens (including phenoxy) is 1. The lowest BCUT2D eigenvalue weighted by Crippen LogP contribution is -2.28. The summed E-state index contributed by atoms with van der Waals surface area (Å²) in [5, 5.41) is 5.35. The number of hydrogen-bond donors (Lipinski definition) is 2. The third kappa shape index (κ3) is 5.33. The van der Waals surface area contributed by atoms with Crippen LogP contribution in [0, 0.1) is 0 Å². The molecule has 0 aliphatic carbocycles. The van der Waals surface area contributed by atoms with Gasteiger partial charge in [0.05, 0.1) is 0 Å². The first kappa shape index (κ1) is 16.2. The van der Waals surface area contributed by atoms with Crippen molar-refractivity contribution in [1.29, 1.82) is 0 Å². The van der Waals surface area contributed by atoms with Crippen molar-refractivity contribution in [3.8, 4) is 5.75 Å². The highest BCUT2D eigenvalue weighted by Gasteiger charge is 2.05. The molecule has 2 aromatic carbocycles. The number of halogens is 3. The van der Waals surface area contributed by atoms with Crippen LogP contribution in [0.15, 0.2) is 53.0 Å². The molecule has 22 heavy (non-hydrogen) atoms. The molecule has 0 atom stereocenters. The molecule has 2 rings (SSSR count). The quantitative estimate of drug-likeness (QED) is 0.820. The van der Waals surface area contributed by atoms with Gasteiger partial charge in [-0.25, -0.2) is 4.79 Å². The van der Waals surface area contributed by atoms with Crippen molar-refractivity contribution >= 4 is 27.6 Å². The molecule has 2 N–H and O–H groups in total. The van der Waals surface area contributed by atoms with Gasteiger partial charge in [-0.3, -0.25) is 0 Å². The Morgan fingerprint density at radius 2 is 1.73 bits per heavy atom. The zero-order chi connectivity index (χ0) is 15.9. The normalized spacial score (nSPS) is 10.4. The maximum Gasteiger partial charge on any atom is 0.387 e. The molecule has 0 fully saturated rings. The second kappa shape index (κ2) is 7.74. The van der Waals surface area contributed by atoms with Gasteiger partial charge in [-0.2, -0.15) is 8.78 Å². The van der Waals surface area contributed by atoms with Gasteiger partial charge in [-0.1, -0.05) is 28.1 Å². The summed E-state index contributed by atoms with van der Waals surface area (Å²) in [7, 11) is 0. The van der Waals surface area contributed by atoms with Gasteiger partial charge >= 0.3 is 12.6 Å². The SMILES string of the molecule is O=C(NCc1ccc(OC(F)F)cc1)Nc1ccc(Br)cc1. The van der Waals surface area contributed by atoms with Crippen LogP contribution in [-0.4, -0.2) is 12.6 Å². The molecule has 0 aliphatic heterocycles. The summed E-state index contributed by atoms with van der Waals surface area (Å²) in [6.07, 6.45) is 0. The van der Waals surface area contributed by atoms with Crippen molar-refractivity contribution in [3.63, 3.8) is 0 Å².